The average Bonchev–Trinajstić information content (AvgIpc) is 2.66. The number of aromatic nitrogens is 2. The standard InChI is InChI=1S/C15H28N4O/c1-5-19(10-12-7-6-8-12)13(9-16)14-11(2)17-18(3)15(14)20-4/h12-13H,5-10,16H2,1-4H3. The first-order chi connectivity index (χ1) is 9.62. The fourth-order valence-corrected chi connectivity index (χ4v) is 3.21. The zero-order valence-electron chi connectivity index (χ0n) is 13.2. The molecule has 1 aromatic rings. The van der Waals surface area contributed by atoms with Crippen LogP contribution in [0.1, 0.15) is 43.5 Å². The van der Waals surface area contributed by atoms with Crippen molar-refractivity contribution in [1.82, 2.24) is 14.7 Å². The Morgan fingerprint density at radius 2 is 2.20 bits per heavy atom. The summed E-state index contributed by atoms with van der Waals surface area (Å²) in [4.78, 5) is 2.48. The maximum atomic E-state index is 6.08. The first-order valence-electron chi connectivity index (χ1n) is 7.63. The molecule has 5 heteroatoms. The number of methoxy groups -OCH3 is 1. The lowest BCUT2D eigenvalue weighted by molar-refractivity contribution is 0.139. The molecule has 5 nitrogen and oxygen atoms in total. The minimum absolute atomic E-state index is 0.198. The summed E-state index contributed by atoms with van der Waals surface area (Å²) in [6.45, 7) is 6.99. The van der Waals surface area contributed by atoms with Gasteiger partial charge in [0.25, 0.3) is 0 Å². The minimum atomic E-state index is 0.198. The number of nitrogens with two attached hydrogens (primary N) is 1. The first kappa shape index (κ1) is 15.3. The molecule has 0 bridgehead atoms. The molecule has 0 radical (unpaired) electrons. The van der Waals surface area contributed by atoms with Crippen molar-refractivity contribution in [3.05, 3.63) is 11.3 Å². The van der Waals surface area contributed by atoms with Gasteiger partial charge in [-0.3, -0.25) is 4.90 Å². The number of hydrogen-bond acceptors (Lipinski definition) is 4. The SMILES string of the molecule is CCN(CC1CCC1)C(CN)c1c(C)nn(C)c1OC. The molecule has 2 rings (SSSR count). The monoisotopic (exact) mass is 280 g/mol. The van der Waals surface area contributed by atoms with Crippen LogP contribution >= 0.6 is 0 Å². The van der Waals surface area contributed by atoms with Gasteiger partial charge in [0.1, 0.15) is 0 Å². The third kappa shape index (κ3) is 2.83. The van der Waals surface area contributed by atoms with Crippen LogP contribution in [0.15, 0.2) is 0 Å². The molecule has 1 fully saturated rings. The molecule has 1 atom stereocenters. The largest absolute Gasteiger partial charge is 0.481 e. The van der Waals surface area contributed by atoms with Crippen molar-refractivity contribution < 1.29 is 4.74 Å². The summed E-state index contributed by atoms with van der Waals surface area (Å²) in [6.07, 6.45) is 4.10. The maximum Gasteiger partial charge on any atom is 0.216 e. The van der Waals surface area contributed by atoms with Gasteiger partial charge in [-0.15, -0.1) is 0 Å². The summed E-state index contributed by atoms with van der Waals surface area (Å²) in [7, 11) is 3.63. The fourth-order valence-electron chi connectivity index (χ4n) is 3.21. The molecular weight excluding hydrogens is 252 g/mol. The van der Waals surface area contributed by atoms with E-state index in [1.807, 2.05) is 18.7 Å². The van der Waals surface area contributed by atoms with Crippen molar-refractivity contribution in [2.24, 2.45) is 18.7 Å². The van der Waals surface area contributed by atoms with Gasteiger partial charge in [-0.1, -0.05) is 13.3 Å². The first-order valence-corrected chi connectivity index (χ1v) is 7.63. The fraction of sp³-hybridized carbons (Fsp3) is 0.800. The van der Waals surface area contributed by atoms with Crippen molar-refractivity contribution in [3.63, 3.8) is 0 Å². The predicted molar refractivity (Wildman–Crippen MR) is 80.9 cm³/mol. The van der Waals surface area contributed by atoms with Crippen molar-refractivity contribution in [1.29, 1.82) is 0 Å². The van der Waals surface area contributed by atoms with Gasteiger partial charge < -0.3 is 10.5 Å². The van der Waals surface area contributed by atoms with Gasteiger partial charge in [-0.25, -0.2) is 4.68 Å². The molecule has 0 aromatic carbocycles. The van der Waals surface area contributed by atoms with Crippen LogP contribution in [0, 0.1) is 12.8 Å². The van der Waals surface area contributed by atoms with E-state index in [2.05, 4.69) is 16.9 Å². The second-order valence-electron chi connectivity index (χ2n) is 5.77. The normalized spacial score (nSPS) is 17.3. The zero-order valence-corrected chi connectivity index (χ0v) is 13.2. The quantitative estimate of drug-likeness (QED) is 0.828. The molecular formula is C15H28N4O. The van der Waals surface area contributed by atoms with E-state index in [4.69, 9.17) is 10.5 Å². The highest BCUT2D eigenvalue weighted by atomic mass is 16.5. The number of hydrogen-bond donors (Lipinski definition) is 1. The number of aryl methyl sites for hydroxylation is 2. The van der Waals surface area contributed by atoms with E-state index >= 15 is 0 Å². The third-order valence-corrected chi connectivity index (χ3v) is 4.53. The molecule has 1 aliphatic carbocycles. The van der Waals surface area contributed by atoms with Gasteiger partial charge in [0.15, 0.2) is 0 Å². The maximum absolute atomic E-state index is 6.08. The Morgan fingerprint density at radius 1 is 1.50 bits per heavy atom. The van der Waals surface area contributed by atoms with Crippen molar-refractivity contribution in [2.45, 2.75) is 39.2 Å². The Kier molecular flexibility index (Phi) is 5.05. The Morgan fingerprint density at radius 3 is 2.65 bits per heavy atom. The van der Waals surface area contributed by atoms with Gasteiger partial charge in [0, 0.05) is 20.1 Å². The highest BCUT2D eigenvalue weighted by Crippen LogP contribution is 2.34. The van der Waals surface area contributed by atoms with Crippen LogP contribution in [0.3, 0.4) is 0 Å². The second-order valence-corrected chi connectivity index (χ2v) is 5.77. The molecule has 2 N–H and O–H groups in total. The van der Waals surface area contributed by atoms with Crippen molar-refractivity contribution >= 4 is 0 Å². The van der Waals surface area contributed by atoms with E-state index in [-0.39, 0.29) is 6.04 Å². The second kappa shape index (κ2) is 6.59. The minimum Gasteiger partial charge on any atom is -0.481 e. The summed E-state index contributed by atoms with van der Waals surface area (Å²) in [5.41, 5.74) is 8.26. The topological polar surface area (TPSA) is 56.3 Å². The van der Waals surface area contributed by atoms with Crippen molar-refractivity contribution in [3.8, 4) is 5.88 Å². The van der Waals surface area contributed by atoms with Gasteiger partial charge in [0.2, 0.25) is 5.88 Å². The molecule has 1 heterocycles. The number of ether oxygens (including phenoxy) is 1. The molecule has 20 heavy (non-hydrogen) atoms. The summed E-state index contributed by atoms with van der Waals surface area (Å²) < 4.78 is 7.35. The van der Waals surface area contributed by atoms with E-state index in [1.54, 1.807) is 7.11 Å². The number of rotatable bonds is 7. The summed E-state index contributed by atoms with van der Waals surface area (Å²) >= 11 is 0. The van der Waals surface area contributed by atoms with Gasteiger partial charge in [-0.2, -0.15) is 5.10 Å². The molecule has 0 saturated heterocycles. The Hall–Kier alpha value is -1.07. The van der Waals surface area contributed by atoms with E-state index < -0.39 is 0 Å². The summed E-state index contributed by atoms with van der Waals surface area (Å²) in [5.74, 6) is 1.68. The molecule has 0 spiro atoms. The molecule has 1 unspecified atom stereocenters. The third-order valence-electron chi connectivity index (χ3n) is 4.53. The predicted octanol–water partition coefficient (Wildman–Crippen LogP) is 1.86. The lowest BCUT2D eigenvalue weighted by Crippen LogP contribution is -2.39. The van der Waals surface area contributed by atoms with Crippen LogP contribution in [0.2, 0.25) is 0 Å². The van der Waals surface area contributed by atoms with Gasteiger partial charge in [0.05, 0.1) is 24.4 Å². The van der Waals surface area contributed by atoms with Crippen LogP contribution in [0.25, 0.3) is 0 Å². The smallest absolute Gasteiger partial charge is 0.216 e. The molecule has 1 saturated carbocycles. The molecule has 1 aromatic heterocycles. The van der Waals surface area contributed by atoms with E-state index in [0.29, 0.717) is 6.54 Å². The lowest BCUT2D eigenvalue weighted by atomic mass is 9.84. The van der Waals surface area contributed by atoms with Crippen molar-refractivity contribution in [2.75, 3.05) is 26.7 Å². The molecule has 0 aliphatic heterocycles. The van der Waals surface area contributed by atoms with Crippen LogP contribution in [-0.2, 0) is 7.05 Å². The average molecular weight is 280 g/mol. The van der Waals surface area contributed by atoms with Gasteiger partial charge in [-0.05, 0) is 32.2 Å². The zero-order chi connectivity index (χ0) is 14.7. The van der Waals surface area contributed by atoms with Crippen LogP contribution in [0.5, 0.6) is 5.88 Å². The van der Waals surface area contributed by atoms with Crippen LogP contribution in [-0.4, -0.2) is 41.4 Å². The lowest BCUT2D eigenvalue weighted by Gasteiger charge is -2.36. The highest BCUT2D eigenvalue weighted by molar-refractivity contribution is 5.34. The Bertz CT molecular complexity index is 439. The summed E-state index contributed by atoms with van der Waals surface area (Å²) in [6, 6.07) is 0.198. The Balaban J connectivity index is 2.25. The van der Waals surface area contributed by atoms with Crippen LogP contribution in [0.4, 0.5) is 0 Å². The Labute approximate surface area is 122 Å². The molecule has 114 valence electrons. The van der Waals surface area contributed by atoms with Crippen LogP contribution < -0.4 is 10.5 Å². The summed E-state index contributed by atoms with van der Waals surface area (Å²) in [5, 5.41) is 4.49. The van der Waals surface area contributed by atoms with E-state index in [9.17, 15) is 0 Å². The van der Waals surface area contributed by atoms with Gasteiger partial charge >= 0.3 is 0 Å². The molecule has 0 amide bonds. The number of likely N-dealkylation sites (N-methyl/N-ethyl adjacent to an activating group) is 1. The molecule has 1 aliphatic rings. The van der Waals surface area contributed by atoms with E-state index in [0.717, 1.165) is 36.1 Å². The highest BCUT2D eigenvalue weighted by Gasteiger charge is 2.29. The number of nitrogens with zero attached hydrogens (tertiary/aromatic N) is 3. The van der Waals surface area contributed by atoms with E-state index in [1.165, 1.54) is 19.3 Å².